The zero-order valence-electron chi connectivity index (χ0n) is 15.7. The van der Waals surface area contributed by atoms with Crippen molar-refractivity contribution >= 4 is 39.1 Å². The number of fused-ring (bicyclic) bond motifs is 1. The van der Waals surface area contributed by atoms with E-state index in [1.165, 1.54) is 22.2 Å². The number of thiophene rings is 1. The predicted octanol–water partition coefficient (Wildman–Crippen LogP) is 3.36. The zero-order chi connectivity index (χ0) is 20.1. The van der Waals surface area contributed by atoms with Crippen LogP contribution in [-0.2, 0) is 16.1 Å². The number of carbonyl (C=O) groups is 2. The first-order valence-electron chi connectivity index (χ1n) is 9.00. The van der Waals surface area contributed by atoms with Crippen LogP contribution >= 0.6 is 11.3 Å². The summed E-state index contributed by atoms with van der Waals surface area (Å²) >= 11 is 1.20. The van der Waals surface area contributed by atoms with Gasteiger partial charge in [-0.2, -0.15) is 0 Å². The van der Waals surface area contributed by atoms with E-state index in [4.69, 9.17) is 4.74 Å². The van der Waals surface area contributed by atoms with Crippen molar-refractivity contribution in [1.29, 1.82) is 0 Å². The molecule has 7 nitrogen and oxygen atoms in total. The Morgan fingerprint density at radius 2 is 2.14 bits per heavy atom. The second-order valence-corrected chi connectivity index (χ2v) is 7.27. The van der Waals surface area contributed by atoms with E-state index in [0.717, 1.165) is 18.4 Å². The Morgan fingerprint density at radius 1 is 1.32 bits per heavy atom. The van der Waals surface area contributed by atoms with Gasteiger partial charge in [-0.3, -0.25) is 14.2 Å². The van der Waals surface area contributed by atoms with Crippen molar-refractivity contribution in [1.82, 2.24) is 9.55 Å². The fourth-order valence-electron chi connectivity index (χ4n) is 2.70. The van der Waals surface area contributed by atoms with E-state index >= 15 is 0 Å². The lowest BCUT2D eigenvalue weighted by Gasteiger charge is -2.08. The molecule has 3 rings (SSSR count). The summed E-state index contributed by atoms with van der Waals surface area (Å²) in [5, 5.41) is 4.52. The van der Waals surface area contributed by atoms with Gasteiger partial charge in [0.15, 0.2) is 0 Å². The number of hydrogen-bond donors (Lipinski definition) is 1. The summed E-state index contributed by atoms with van der Waals surface area (Å²) in [5.41, 5.74) is 1.43. The van der Waals surface area contributed by atoms with E-state index in [2.05, 4.69) is 10.3 Å². The smallest absolute Gasteiger partial charge is 0.339 e. The van der Waals surface area contributed by atoms with Crippen molar-refractivity contribution in [3.8, 4) is 0 Å². The number of aryl methyl sites for hydroxylation is 1. The number of nitrogens with one attached hydrogen (secondary N) is 1. The first kappa shape index (κ1) is 19.8. The number of nitrogens with zero attached hydrogens (tertiary/aromatic N) is 2. The second-order valence-electron chi connectivity index (χ2n) is 6.41. The summed E-state index contributed by atoms with van der Waals surface area (Å²) in [4.78, 5) is 42.1. The average Bonchev–Trinajstić information content (AvgIpc) is 3.09. The van der Waals surface area contributed by atoms with Gasteiger partial charge < -0.3 is 10.1 Å². The molecule has 0 aliphatic heterocycles. The lowest BCUT2D eigenvalue weighted by atomic mass is 10.2. The lowest BCUT2D eigenvalue weighted by molar-refractivity contribution is -0.116. The molecule has 0 unspecified atom stereocenters. The SMILES string of the molecule is CCCCOC(=O)c1csc2ncn(CC(=O)Nc3cccc(C)c3)c(=O)c12. The summed E-state index contributed by atoms with van der Waals surface area (Å²) in [6, 6.07) is 7.38. The van der Waals surface area contributed by atoms with Crippen LogP contribution in [0.4, 0.5) is 5.69 Å². The van der Waals surface area contributed by atoms with Crippen LogP contribution in [0, 0.1) is 6.92 Å². The van der Waals surface area contributed by atoms with Gasteiger partial charge >= 0.3 is 5.97 Å². The zero-order valence-corrected chi connectivity index (χ0v) is 16.5. The van der Waals surface area contributed by atoms with E-state index < -0.39 is 11.5 Å². The molecule has 8 heteroatoms. The number of unbranched alkanes of at least 4 members (excludes halogenated alkanes) is 1. The van der Waals surface area contributed by atoms with Crippen molar-refractivity contribution in [3.63, 3.8) is 0 Å². The van der Waals surface area contributed by atoms with Gasteiger partial charge in [-0.25, -0.2) is 9.78 Å². The van der Waals surface area contributed by atoms with E-state index in [1.807, 2.05) is 32.0 Å². The van der Waals surface area contributed by atoms with Gasteiger partial charge in [-0.1, -0.05) is 25.5 Å². The Kier molecular flexibility index (Phi) is 6.20. The summed E-state index contributed by atoms with van der Waals surface area (Å²) in [6.45, 7) is 4.03. The van der Waals surface area contributed by atoms with Crippen LogP contribution in [-0.4, -0.2) is 28.0 Å². The molecule has 2 heterocycles. The van der Waals surface area contributed by atoms with Gasteiger partial charge in [-0.15, -0.1) is 11.3 Å². The molecule has 0 fully saturated rings. The van der Waals surface area contributed by atoms with Crippen molar-refractivity contribution < 1.29 is 14.3 Å². The van der Waals surface area contributed by atoms with Gasteiger partial charge in [0.05, 0.1) is 23.9 Å². The number of amides is 1. The van der Waals surface area contributed by atoms with Crippen LogP contribution < -0.4 is 10.9 Å². The second kappa shape index (κ2) is 8.79. The van der Waals surface area contributed by atoms with Crippen molar-refractivity contribution in [2.24, 2.45) is 0 Å². The van der Waals surface area contributed by atoms with Gasteiger partial charge in [-0.05, 0) is 31.0 Å². The maximum atomic E-state index is 12.8. The van der Waals surface area contributed by atoms with Crippen LogP contribution in [0.2, 0.25) is 0 Å². The molecule has 0 saturated heterocycles. The standard InChI is InChI=1S/C20H21N3O4S/c1-3-4-8-27-20(26)15-11-28-18-17(15)19(25)23(12-21-18)10-16(24)22-14-7-5-6-13(2)9-14/h5-7,9,11-12H,3-4,8,10H2,1-2H3,(H,22,24). The quantitative estimate of drug-likeness (QED) is 0.486. The largest absolute Gasteiger partial charge is 0.462 e. The van der Waals surface area contributed by atoms with Crippen LogP contribution in [0.3, 0.4) is 0 Å². The van der Waals surface area contributed by atoms with Gasteiger partial charge in [0.2, 0.25) is 5.91 Å². The third-order valence-electron chi connectivity index (χ3n) is 4.13. The molecule has 0 atom stereocenters. The van der Waals surface area contributed by atoms with E-state index in [1.54, 1.807) is 11.4 Å². The molecular weight excluding hydrogens is 378 g/mol. The minimum absolute atomic E-state index is 0.192. The third-order valence-corrected chi connectivity index (χ3v) is 5.01. The third kappa shape index (κ3) is 4.45. The molecule has 0 aliphatic rings. The van der Waals surface area contributed by atoms with Crippen molar-refractivity contribution in [3.05, 3.63) is 57.5 Å². The van der Waals surface area contributed by atoms with E-state index in [-0.39, 0.29) is 23.4 Å². The highest BCUT2D eigenvalue weighted by atomic mass is 32.1. The van der Waals surface area contributed by atoms with Gasteiger partial charge in [0, 0.05) is 11.1 Å². The first-order chi connectivity index (χ1) is 13.5. The number of esters is 1. The van der Waals surface area contributed by atoms with Crippen LogP contribution in [0.5, 0.6) is 0 Å². The van der Waals surface area contributed by atoms with Crippen molar-refractivity contribution in [2.45, 2.75) is 33.2 Å². The Morgan fingerprint density at radius 3 is 2.89 bits per heavy atom. The highest BCUT2D eigenvalue weighted by molar-refractivity contribution is 7.17. The lowest BCUT2D eigenvalue weighted by Crippen LogP contribution is -2.28. The maximum absolute atomic E-state index is 12.8. The molecule has 0 saturated carbocycles. The van der Waals surface area contributed by atoms with Crippen LogP contribution in [0.1, 0.15) is 35.7 Å². The molecule has 0 bridgehead atoms. The molecule has 0 spiro atoms. The minimum atomic E-state index is -0.541. The molecule has 28 heavy (non-hydrogen) atoms. The molecule has 1 aromatic carbocycles. The summed E-state index contributed by atoms with van der Waals surface area (Å²) in [7, 11) is 0. The summed E-state index contributed by atoms with van der Waals surface area (Å²) in [6.07, 6.45) is 2.99. The summed E-state index contributed by atoms with van der Waals surface area (Å²) in [5.74, 6) is -0.892. The Labute approximate surface area is 166 Å². The van der Waals surface area contributed by atoms with E-state index in [9.17, 15) is 14.4 Å². The fraction of sp³-hybridized carbons (Fsp3) is 0.300. The predicted molar refractivity (Wildman–Crippen MR) is 109 cm³/mol. The Balaban J connectivity index is 1.81. The van der Waals surface area contributed by atoms with Crippen LogP contribution in [0.25, 0.3) is 10.2 Å². The number of rotatable bonds is 7. The molecule has 0 aliphatic carbocycles. The number of carbonyl (C=O) groups excluding carboxylic acids is 2. The monoisotopic (exact) mass is 399 g/mol. The highest BCUT2D eigenvalue weighted by Crippen LogP contribution is 2.21. The molecule has 1 amide bonds. The van der Waals surface area contributed by atoms with E-state index in [0.29, 0.717) is 17.1 Å². The summed E-state index contributed by atoms with van der Waals surface area (Å²) < 4.78 is 6.41. The number of ether oxygens (including phenoxy) is 1. The topological polar surface area (TPSA) is 90.3 Å². The number of hydrogen-bond acceptors (Lipinski definition) is 6. The Bertz CT molecular complexity index is 1070. The number of anilines is 1. The minimum Gasteiger partial charge on any atom is -0.462 e. The Hall–Kier alpha value is -3.00. The van der Waals surface area contributed by atoms with Crippen LogP contribution in [0.15, 0.2) is 40.8 Å². The maximum Gasteiger partial charge on any atom is 0.339 e. The van der Waals surface area contributed by atoms with Gasteiger partial charge in [0.25, 0.3) is 5.56 Å². The number of aromatic nitrogens is 2. The molecule has 0 radical (unpaired) electrons. The fourth-order valence-corrected chi connectivity index (χ4v) is 3.56. The molecular formula is C20H21N3O4S. The van der Waals surface area contributed by atoms with Crippen molar-refractivity contribution in [2.75, 3.05) is 11.9 Å². The number of benzene rings is 1. The molecule has 3 aromatic rings. The molecule has 2 aromatic heterocycles. The average molecular weight is 399 g/mol. The molecule has 1 N–H and O–H groups in total. The normalized spacial score (nSPS) is 10.8. The van der Waals surface area contributed by atoms with Gasteiger partial charge in [0.1, 0.15) is 11.4 Å². The highest BCUT2D eigenvalue weighted by Gasteiger charge is 2.19. The molecule has 146 valence electrons. The first-order valence-corrected chi connectivity index (χ1v) is 9.88.